The molecule has 3 rings (SSSR count). The van der Waals surface area contributed by atoms with Crippen molar-refractivity contribution in [3.63, 3.8) is 0 Å². The van der Waals surface area contributed by atoms with Gasteiger partial charge in [0, 0.05) is 30.4 Å². The molecule has 0 amide bonds. The second-order valence-electron chi connectivity index (χ2n) is 5.95. The quantitative estimate of drug-likeness (QED) is 0.889. The monoisotopic (exact) mass is 247 g/mol. The summed E-state index contributed by atoms with van der Waals surface area (Å²) in [5.74, 6) is 0.768. The van der Waals surface area contributed by atoms with E-state index in [2.05, 4.69) is 21.1 Å². The van der Waals surface area contributed by atoms with Gasteiger partial charge in [0.2, 0.25) is 0 Å². The number of rotatable bonds is 3. The van der Waals surface area contributed by atoms with E-state index in [4.69, 9.17) is 0 Å². The topological polar surface area (TPSA) is 29.9 Å². The third kappa shape index (κ3) is 2.77. The number of hydrogen-bond donors (Lipinski definition) is 1. The molecule has 2 heterocycles. The summed E-state index contributed by atoms with van der Waals surface area (Å²) in [6.07, 6.45) is 15.2. The minimum absolute atomic E-state index is 0.662. The van der Waals surface area contributed by atoms with Gasteiger partial charge in [-0.3, -0.25) is 0 Å². The normalized spacial score (nSPS) is 26.3. The van der Waals surface area contributed by atoms with Crippen molar-refractivity contribution in [1.29, 1.82) is 0 Å². The molecule has 3 heteroatoms. The van der Waals surface area contributed by atoms with Gasteiger partial charge in [-0.2, -0.15) is 0 Å². The van der Waals surface area contributed by atoms with Crippen LogP contribution in [0.25, 0.3) is 0 Å². The summed E-state index contributed by atoms with van der Waals surface area (Å²) in [4.78, 5) is 4.40. The average Bonchev–Trinajstić information content (AvgIpc) is 2.89. The van der Waals surface area contributed by atoms with Crippen molar-refractivity contribution in [1.82, 2.24) is 14.9 Å². The molecule has 3 nitrogen and oxygen atoms in total. The minimum atomic E-state index is 0.662. The molecule has 1 aliphatic carbocycles. The Kier molecular flexibility index (Phi) is 3.99. The smallest absolute Gasteiger partial charge is 0.0948 e. The molecule has 100 valence electrons. The fourth-order valence-electron chi connectivity index (χ4n) is 3.54. The van der Waals surface area contributed by atoms with Crippen LogP contribution < -0.4 is 5.32 Å². The first kappa shape index (κ1) is 12.2. The molecule has 1 aromatic heterocycles. The van der Waals surface area contributed by atoms with Gasteiger partial charge in [-0.15, -0.1) is 0 Å². The van der Waals surface area contributed by atoms with Gasteiger partial charge in [0.25, 0.3) is 0 Å². The molecule has 0 bridgehead atoms. The lowest BCUT2D eigenvalue weighted by atomic mass is 9.87. The van der Waals surface area contributed by atoms with E-state index in [0.717, 1.165) is 12.5 Å². The van der Waals surface area contributed by atoms with Crippen LogP contribution in [0.4, 0.5) is 0 Å². The summed E-state index contributed by atoms with van der Waals surface area (Å²) in [5, 5.41) is 3.64. The molecule has 1 saturated carbocycles. The number of imidazole rings is 1. The summed E-state index contributed by atoms with van der Waals surface area (Å²) in [5.41, 5.74) is 1.49. The largest absolute Gasteiger partial charge is 0.333 e. The molecule has 0 aromatic carbocycles. The highest BCUT2D eigenvalue weighted by atomic mass is 15.1. The van der Waals surface area contributed by atoms with Crippen LogP contribution in [0, 0.1) is 0 Å². The predicted molar refractivity (Wildman–Crippen MR) is 73.7 cm³/mol. The molecule has 0 spiro atoms. The van der Waals surface area contributed by atoms with Crippen molar-refractivity contribution in [2.75, 3.05) is 6.54 Å². The first-order chi connectivity index (χ1) is 8.93. The van der Waals surface area contributed by atoms with Crippen molar-refractivity contribution in [3.05, 3.63) is 18.2 Å². The fourth-order valence-corrected chi connectivity index (χ4v) is 3.54. The number of nitrogens with zero attached hydrogens (tertiary/aromatic N) is 2. The van der Waals surface area contributed by atoms with E-state index in [-0.39, 0.29) is 0 Å². The number of piperidine rings is 1. The van der Waals surface area contributed by atoms with Crippen LogP contribution in [0.5, 0.6) is 0 Å². The van der Waals surface area contributed by atoms with Crippen molar-refractivity contribution >= 4 is 0 Å². The van der Waals surface area contributed by atoms with E-state index in [0.29, 0.717) is 6.04 Å². The molecule has 18 heavy (non-hydrogen) atoms. The van der Waals surface area contributed by atoms with Gasteiger partial charge < -0.3 is 9.88 Å². The Labute approximate surface area is 110 Å². The van der Waals surface area contributed by atoms with E-state index in [1.54, 1.807) is 0 Å². The Balaban J connectivity index is 1.66. The van der Waals surface area contributed by atoms with Crippen LogP contribution in [0.3, 0.4) is 0 Å². The van der Waals surface area contributed by atoms with Crippen molar-refractivity contribution in [3.8, 4) is 0 Å². The maximum Gasteiger partial charge on any atom is 0.0948 e. The van der Waals surface area contributed by atoms with E-state index in [1.807, 2.05) is 6.33 Å². The number of nitrogens with one attached hydrogen (secondary N) is 1. The zero-order valence-corrected chi connectivity index (χ0v) is 11.3. The van der Waals surface area contributed by atoms with Crippen LogP contribution in [0.15, 0.2) is 12.5 Å². The molecule has 2 fully saturated rings. The van der Waals surface area contributed by atoms with Gasteiger partial charge in [0.15, 0.2) is 0 Å². The number of aromatic nitrogens is 2. The number of hydrogen-bond acceptors (Lipinski definition) is 2. The Hall–Kier alpha value is -0.830. The Morgan fingerprint density at radius 1 is 1.11 bits per heavy atom. The maximum atomic E-state index is 4.40. The van der Waals surface area contributed by atoms with E-state index < -0.39 is 0 Å². The molecular formula is C15H25N3. The maximum absolute atomic E-state index is 4.40. The van der Waals surface area contributed by atoms with Crippen molar-refractivity contribution in [2.24, 2.45) is 0 Å². The predicted octanol–water partition coefficient (Wildman–Crippen LogP) is 3.07. The molecule has 1 unspecified atom stereocenters. The highest BCUT2D eigenvalue weighted by Gasteiger charge is 2.21. The molecule has 1 atom stereocenters. The third-order valence-electron chi connectivity index (χ3n) is 4.60. The highest BCUT2D eigenvalue weighted by Crippen LogP contribution is 2.32. The van der Waals surface area contributed by atoms with Crippen LogP contribution in [-0.4, -0.2) is 22.1 Å². The standard InChI is InChI=1S/C15H25N3/c1-2-6-13(7-3-1)15-10-16-12-18(15)11-14-8-4-5-9-17-14/h10,12-14,17H,1-9,11H2. The SMILES string of the molecule is c1ncn(CC2CCCCN2)c1C1CCCCC1. The van der Waals surface area contributed by atoms with Crippen LogP contribution >= 0.6 is 0 Å². The zero-order valence-electron chi connectivity index (χ0n) is 11.3. The lowest BCUT2D eigenvalue weighted by molar-refractivity contribution is 0.350. The molecule has 1 saturated heterocycles. The lowest BCUT2D eigenvalue weighted by Gasteiger charge is -2.27. The molecule has 2 aliphatic rings. The van der Waals surface area contributed by atoms with Gasteiger partial charge in [0.05, 0.1) is 6.33 Å². The molecule has 1 N–H and O–H groups in total. The van der Waals surface area contributed by atoms with E-state index >= 15 is 0 Å². The summed E-state index contributed by atoms with van der Waals surface area (Å²) in [6, 6.07) is 0.662. The molecule has 1 aromatic rings. The third-order valence-corrected chi connectivity index (χ3v) is 4.60. The van der Waals surface area contributed by atoms with Gasteiger partial charge in [-0.05, 0) is 32.2 Å². The first-order valence-corrected chi connectivity index (χ1v) is 7.67. The van der Waals surface area contributed by atoms with Gasteiger partial charge in [-0.25, -0.2) is 4.98 Å². The Bertz CT molecular complexity index is 360. The van der Waals surface area contributed by atoms with Gasteiger partial charge in [0.1, 0.15) is 0 Å². The van der Waals surface area contributed by atoms with Crippen LogP contribution in [0.2, 0.25) is 0 Å². The van der Waals surface area contributed by atoms with Gasteiger partial charge >= 0.3 is 0 Å². The Morgan fingerprint density at radius 2 is 1.94 bits per heavy atom. The van der Waals surface area contributed by atoms with Gasteiger partial charge in [-0.1, -0.05) is 25.7 Å². The second kappa shape index (κ2) is 5.87. The first-order valence-electron chi connectivity index (χ1n) is 7.67. The molecular weight excluding hydrogens is 222 g/mol. The summed E-state index contributed by atoms with van der Waals surface area (Å²) < 4.78 is 2.42. The second-order valence-corrected chi connectivity index (χ2v) is 5.95. The highest BCUT2D eigenvalue weighted by molar-refractivity contribution is 5.07. The van der Waals surface area contributed by atoms with Crippen molar-refractivity contribution in [2.45, 2.75) is 69.9 Å². The summed E-state index contributed by atoms with van der Waals surface area (Å²) in [6.45, 7) is 2.31. The summed E-state index contributed by atoms with van der Waals surface area (Å²) in [7, 11) is 0. The minimum Gasteiger partial charge on any atom is -0.333 e. The zero-order chi connectivity index (χ0) is 12.2. The molecule has 0 radical (unpaired) electrons. The van der Waals surface area contributed by atoms with Crippen molar-refractivity contribution < 1.29 is 0 Å². The molecule has 1 aliphatic heterocycles. The van der Waals surface area contributed by atoms with E-state index in [9.17, 15) is 0 Å². The van der Waals surface area contributed by atoms with Crippen LogP contribution in [-0.2, 0) is 6.54 Å². The summed E-state index contributed by atoms with van der Waals surface area (Å²) >= 11 is 0. The van der Waals surface area contributed by atoms with Crippen LogP contribution in [0.1, 0.15) is 63.0 Å². The Morgan fingerprint density at radius 3 is 2.72 bits per heavy atom. The fraction of sp³-hybridized carbons (Fsp3) is 0.800. The van der Waals surface area contributed by atoms with E-state index in [1.165, 1.54) is 63.6 Å². The average molecular weight is 247 g/mol. The lowest BCUT2D eigenvalue weighted by Crippen LogP contribution is -2.37.